The first-order valence-electron chi connectivity index (χ1n) is 7.62. The van der Waals surface area contributed by atoms with E-state index in [1.54, 1.807) is 17.9 Å². The Balaban J connectivity index is 1.67. The topological polar surface area (TPSA) is 62.1 Å². The highest BCUT2D eigenvalue weighted by molar-refractivity contribution is 7.99. The van der Waals surface area contributed by atoms with E-state index in [-0.39, 0.29) is 0 Å². The molecule has 0 aliphatic rings. The number of rotatable bonds is 7. The minimum Gasteiger partial charge on any atom is -0.494 e. The third-order valence-corrected chi connectivity index (χ3v) is 4.61. The molecular formula is C17H17ClN4O2S. The van der Waals surface area contributed by atoms with Gasteiger partial charge in [0.05, 0.1) is 18.7 Å². The monoisotopic (exact) mass is 376 g/mol. The van der Waals surface area contributed by atoms with E-state index in [0.29, 0.717) is 34.0 Å². The van der Waals surface area contributed by atoms with Crippen LogP contribution in [0.2, 0.25) is 5.02 Å². The van der Waals surface area contributed by atoms with Crippen LogP contribution < -0.4 is 9.47 Å². The smallest absolute Gasteiger partial charge is 0.214 e. The molecule has 0 aliphatic carbocycles. The number of hydrogen-bond donors (Lipinski definition) is 0. The summed E-state index contributed by atoms with van der Waals surface area (Å²) >= 11 is 7.58. The van der Waals surface area contributed by atoms with E-state index in [9.17, 15) is 0 Å². The van der Waals surface area contributed by atoms with Crippen LogP contribution in [0.15, 0.2) is 47.6 Å². The minimum atomic E-state index is 0.492. The van der Waals surface area contributed by atoms with Gasteiger partial charge in [-0.1, -0.05) is 41.6 Å². The van der Waals surface area contributed by atoms with Crippen LogP contribution >= 0.6 is 23.4 Å². The van der Waals surface area contributed by atoms with E-state index in [0.717, 1.165) is 11.3 Å². The van der Waals surface area contributed by atoms with Crippen molar-refractivity contribution in [1.82, 2.24) is 20.2 Å². The standard InChI is InChI=1S/C17H17ClN4O2S/c1-12-7-8-16(23-2)14(11-12)22-17(19-20-21-22)25-10-9-24-15-6-4-3-5-13(15)18/h3-8,11H,9-10H2,1-2H3. The summed E-state index contributed by atoms with van der Waals surface area (Å²) in [6, 6.07) is 13.3. The second-order valence-corrected chi connectivity index (χ2v) is 6.65. The van der Waals surface area contributed by atoms with Gasteiger partial charge in [0, 0.05) is 5.75 Å². The molecule has 0 saturated heterocycles. The van der Waals surface area contributed by atoms with E-state index in [1.807, 2.05) is 43.3 Å². The summed E-state index contributed by atoms with van der Waals surface area (Å²) in [5.41, 5.74) is 1.91. The predicted octanol–water partition coefficient (Wildman–Crippen LogP) is 3.80. The number of benzene rings is 2. The Labute approximate surface area is 155 Å². The first-order valence-corrected chi connectivity index (χ1v) is 8.99. The molecule has 25 heavy (non-hydrogen) atoms. The molecule has 0 unspecified atom stereocenters. The van der Waals surface area contributed by atoms with E-state index < -0.39 is 0 Å². The van der Waals surface area contributed by atoms with E-state index in [2.05, 4.69) is 15.5 Å². The maximum atomic E-state index is 6.07. The van der Waals surface area contributed by atoms with Crippen LogP contribution in [0.3, 0.4) is 0 Å². The lowest BCUT2D eigenvalue weighted by Gasteiger charge is -2.10. The van der Waals surface area contributed by atoms with Gasteiger partial charge in [-0.3, -0.25) is 0 Å². The van der Waals surface area contributed by atoms with Crippen molar-refractivity contribution in [3.63, 3.8) is 0 Å². The molecule has 130 valence electrons. The fourth-order valence-electron chi connectivity index (χ4n) is 2.23. The second kappa shape index (κ2) is 8.22. The van der Waals surface area contributed by atoms with Crippen LogP contribution in [0.1, 0.15) is 5.56 Å². The van der Waals surface area contributed by atoms with Crippen molar-refractivity contribution in [2.45, 2.75) is 12.1 Å². The normalized spacial score (nSPS) is 10.7. The van der Waals surface area contributed by atoms with Crippen LogP contribution in [-0.4, -0.2) is 39.7 Å². The fraction of sp³-hybridized carbons (Fsp3) is 0.235. The van der Waals surface area contributed by atoms with Crippen molar-refractivity contribution in [2.75, 3.05) is 19.5 Å². The number of para-hydroxylation sites is 1. The molecule has 1 aromatic heterocycles. The van der Waals surface area contributed by atoms with Crippen molar-refractivity contribution < 1.29 is 9.47 Å². The van der Waals surface area contributed by atoms with Gasteiger partial charge in [-0.25, -0.2) is 0 Å². The van der Waals surface area contributed by atoms with Gasteiger partial charge in [-0.15, -0.1) is 5.10 Å². The second-order valence-electron chi connectivity index (χ2n) is 5.18. The van der Waals surface area contributed by atoms with E-state index >= 15 is 0 Å². The summed E-state index contributed by atoms with van der Waals surface area (Å²) in [4.78, 5) is 0. The van der Waals surface area contributed by atoms with Gasteiger partial charge in [-0.2, -0.15) is 4.68 Å². The zero-order chi connectivity index (χ0) is 17.6. The maximum Gasteiger partial charge on any atom is 0.214 e. The van der Waals surface area contributed by atoms with Crippen LogP contribution in [0.25, 0.3) is 5.69 Å². The molecule has 0 radical (unpaired) electrons. The molecule has 8 heteroatoms. The molecule has 3 rings (SSSR count). The van der Waals surface area contributed by atoms with Gasteiger partial charge in [0.1, 0.15) is 17.2 Å². The number of thioether (sulfide) groups is 1. The number of methoxy groups -OCH3 is 1. The zero-order valence-electron chi connectivity index (χ0n) is 13.8. The number of tetrazole rings is 1. The fourth-order valence-corrected chi connectivity index (χ4v) is 3.12. The van der Waals surface area contributed by atoms with Gasteiger partial charge < -0.3 is 9.47 Å². The number of ether oxygens (including phenoxy) is 2. The van der Waals surface area contributed by atoms with Gasteiger partial charge in [0.2, 0.25) is 5.16 Å². The molecule has 1 heterocycles. The number of hydrogen-bond acceptors (Lipinski definition) is 6. The third-order valence-electron chi connectivity index (χ3n) is 3.41. The lowest BCUT2D eigenvalue weighted by atomic mass is 10.2. The number of nitrogens with zero attached hydrogens (tertiary/aromatic N) is 4. The quantitative estimate of drug-likeness (QED) is 0.461. The Morgan fingerprint density at radius 2 is 2.00 bits per heavy atom. The van der Waals surface area contributed by atoms with E-state index in [1.165, 1.54) is 11.8 Å². The van der Waals surface area contributed by atoms with Gasteiger partial charge in [-0.05, 0) is 47.2 Å². The summed E-state index contributed by atoms with van der Waals surface area (Å²) in [6.45, 7) is 2.50. The highest BCUT2D eigenvalue weighted by Gasteiger charge is 2.13. The Kier molecular flexibility index (Phi) is 5.78. The first kappa shape index (κ1) is 17.6. The lowest BCUT2D eigenvalue weighted by molar-refractivity contribution is 0.344. The molecule has 3 aromatic rings. The minimum absolute atomic E-state index is 0.492. The van der Waals surface area contributed by atoms with Crippen molar-refractivity contribution in [2.24, 2.45) is 0 Å². The van der Waals surface area contributed by atoms with E-state index in [4.69, 9.17) is 21.1 Å². The molecule has 6 nitrogen and oxygen atoms in total. The molecule has 0 bridgehead atoms. The molecule has 0 N–H and O–H groups in total. The summed E-state index contributed by atoms with van der Waals surface area (Å²) < 4.78 is 12.8. The Hall–Kier alpha value is -2.25. The molecule has 0 atom stereocenters. The summed E-state index contributed by atoms with van der Waals surface area (Å²) in [5, 5.41) is 13.2. The zero-order valence-corrected chi connectivity index (χ0v) is 15.4. The van der Waals surface area contributed by atoms with Crippen molar-refractivity contribution in [3.05, 3.63) is 53.1 Å². The Bertz CT molecular complexity index is 856. The highest BCUT2D eigenvalue weighted by atomic mass is 35.5. The predicted molar refractivity (Wildman–Crippen MR) is 98.1 cm³/mol. The lowest BCUT2D eigenvalue weighted by Crippen LogP contribution is -2.05. The molecule has 0 aliphatic heterocycles. The van der Waals surface area contributed by atoms with Crippen LogP contribution in [0, 0.1) is 6.92 Å². The number of aromatic nitrogens is 4. The van der Waals surface area contributed by atoms with Crippen LogP contribution in [0.5, 0.6) is 11.5 Å². The SMILES string of the molecule is COc1ccc(C)cc1-n1nnnc1SCCOc1ccccc1Cl. The van der Waals surface area contributed by atoms with Gasteiger partial charge in [0.25, 0.3) is 0 Å². The maximum absolute atomic E-state index is 6.07. The van der Waals surface area contributed by atoms with Crippen molar-refractivity contribution >= 4 is 23.4 Å². The first-order chi connectivity index (χ1) is 12.2. The number of halogens is 1. The molecule has 0 amide bonds. The molecule has 2 aromatic carbocycles. The van der Waals surface area contributed by atoms with Gasteiger partial charge in [0.15, 0.2) is 0 Å². The van der Waals surface area contributed by atoms with Crippen LogP contribution in [-0.2, 0) is 0 Å². The summed E-state index contributed by atoms with van der Waals surface area (Å²) in [5.74, 6) is 2.07. The largest absolute Gasteiger partial charge is 0.494 e. The molecular weight excluding hydrogens is 360 g/mol. The third kappa shape index (κ3) is 4.24. The van der Waals surface area contributed by atoms with Crippen molar-refractivity contribution in [3.8, 4) is 17.2 Å². The average molecular weight is 377 g/mol. The summed E-state index contributed by atoms with van der Waals surface area (Å²) in [6.07, 6.45) is 0. The molecule has 0 saturated carbocycles. The average Bonchev–Trinajstić information content (AvgIpc) is 3.08. The van der Waals surface area contributed by atoms with Gasteiger partial charge >= 0.3 is 0 Å². The van der Waals surface area contributed by atoms with Crippen molar-refractivity contribution in [1.29, 1.82) is 0 Å². The molecule has 0 spiro atoms. The number of aryl methyl sites for hydroxylation is 1. The highest BCUT2D eigenvalue weighted by Crippen LogP contribution is 2.27. The Morgan fingerprint density at radius 1 is 1.16 bits per heavy atom. The molecule has 0 fully saturated rings. The summed E-state index contributed by atoms with van der Waals surface area (Å²) in [7, 11) is 1.63. The Morgan fingerprint density at radius 3 is 2.80 bits per heavy atom. The van der Waals surface area contributed by atoms with Crippen LogP contribution in [0.4, 0.5) is 0 Å².